The van der Waals surface area contributed by atoms with E-state index in [0.29, 0.717) is 0 Å². The highest BCUT2D eigenvalue weighted by molar-refractivity contribution is 4.61. The lowest BCUT2D eigenvalue weighted by atomic mass is 10.0. The van der Waals surface area contributed by atoms with Crippen molar-refractivity contribution in [1.29, 1.82) is 0 Å². The molecule has 0 amide bonds. The van der Waals surface area contributed by atoms with E-state index in [1.807, 2.05) is 0 Å². The van der Waals surface area contributed by atoms with E-state index in [1.165, 1.54) is 103 Å². The summed E-state index contributed by atoms with van der Waals surface area (Å²) < 4.78 is 0. The molecule has 0 heterocycles. The molecule has 0 aromatic heterocycles. The molecule has 0 aliphatic rings. The number of hydrogen-bond donors (Lipinski definition) is 2. The van der Waals surface area contributed by atoms with Crippen LogP contribution in [-0.2, 0) is 0 Å². The molecule has 146 valence electrons. The van der Waals surface area contributed by atoms with Crippen molar-refractivity contribution >= 4 is 0 Å². The summed E-state index contributed by atoms with van der Waals surface area (Å²) in [7, 11) is 0. The lowest BCUT2D eigenvalue weighted by Gasteiger charge is -2.12. The lowest BCUT2D eigenvalue weighted by Crippen LogP contribution is -2.21. The molecule has 0 aromatic rings. The van der Waals surface area contributed by atoms with E-state index in [0.717, 1.165) is 12.8 Å². The fourth-order valence-corrected chi connectivity index (χ4v) is 3.32. The predicted molar refractivity (Wildman–Crippen MR) is 106 cm³/mol. The zero-order chi connectivity index (χ0) is 17.9. The van der Waals surface area contributed by atoms with Crippen molar-refractivity contribution in [2.45, 2.75) is 142 Å². The Kier molecular flexibility index (Phi) is 19.2. The molecule has 0 aliphatic carbocycles. The summed E-state index contributed by atoms with van der Waals surface area (Å²) in [4.78, 5) is 0. The summed E-state index contributed by atoms with van der Waals surface area (Å²) >= 11 is 0. The first-order chi connectivity index (χ1) is 11.7. The number of aliphatic hydroxyl groups excluding tert-OH is 2. The van der Waals surface area contributed by atoms with Crippen LogP contribution in [0.3, 0.4) is 0 Å². The minimum absolute atomic E-state index is 0.527. The van der Waals surface area contributed by atoms with E-state index in [9.17, 15) is 10.2 Å². The van der Waals surface area contributed by atoms with E-state index >= 15 is 0 Å². The second-order valence-electron chi connectivity index (χ2n) is 7.75. The van der Waals surface area contributed by atoms with Crippen LogP contribution in [0.2, 0.25) is 0 Å². The fraction of sp³-hybridized carbons (Fsp3) is 1.00. The second kappa shape index (κ2) is 19.2. The molecule has 0 aromatic carbocycles. The molecule has 0 radical (unpaired) electrons. The highest BCUT2D eigenvalue weighted by Gasteiger charge is 2.09. The van der Waals surface area contributed by atoms with Crippen molar-refractivity contribution in [1.82, 2.24) is 0 Å². The van der Waals surface area contributed by atoms with Gasteiger partial charge in [-0.2, -0.15) is 0 Å². The van der Waals surface area contributed by atoms with Crippen LogP contribution in [-0.4, -0.2) is 22.4 Å². The molecule has 2 unspecified atom stereocenters. The molecule has 2 heteroatoms. The van der Waals surface area contributed by atoms with Gasteiger partial charge in [-0.25, -0.2) is 0 Å². The number of aliphatic hydroxyl groups is 2. The molecule has 24 heavy (non-hydrogen) atoms. The number of rotatable bonds is 19. The minimum atomic E-state index is -0.578. The third kappa shape index (κ3) is 18.3. The van der Waals surface area contributed by atoms with E-state index in [-0.39, 0.29) is 0 Å². The maximum atomic E-state index is 9.50. The smallest absolute Gasteiger partial charge is 0.0796 e. The molecule has 2 N–H and O–H groups in total. The third-order valence-corrected chi connectivity index (χ3v) is 5.16. The van der Waals surface area contributed by atoms with Gasteiger partial charge in [0.1, 0.15) is 0 Å². The van der Waals surface area contributed by atoms with E-state index in [4.69, 9.17) is 0 Å². The van der Waals surface area contributed by atoms with Crippen LogP contribution < -0.4 is 0 Å². The zero-order valence-electron chi connectivity index (χ0n) is 16.8. The van der Waals surface area contributed by atoms with Crippen molar-refractivity contribution in [3.05, 3.63) is 0 Å². The number of unbranched alkanes of at least 4 members (excludes halogenated alkanes) is 16. The molecule has 0 bridgehead atoms. The van der Waals surface area contributed by atoms with Crippen molar-refractivity contribution in [2.24, 2.45) is 0 Å². The highest BCUT2D eigenvalue weighted by Crippen LogP contribution is 2.14. The first-order valence-electron chi connectivity index (χ1n) is 11.0. The third-order valence-electron chi connectivity index (χ3n) is 5.16. The fourth-order valence-electron chi connectivity index (χ4n) is 3.32. The molecule has 2 atom stereocenters. The average molecular weight is 343 g/mol. The summed E-state index contributed by atoms with van der Waals surface area (Å²) in [6.45, 7) is 3.95. The predicted octanol–water partition coefficient (Wildman–Crippen LogP) is 6.77. The molecule has 2 nitrogen and oxygen atoms in total. The minimum Gasteiger partial charge on any atom is -0.391 e. The molecule has 0 spiro atoms. The van der Waals surface area contributed by atoms with Crippen LogP contribution in [0.4, 0.5) is 0 Å². The van der Waals surface area contributed by atoms with Crippen molar-refractivity contribution in [3.8, 4) is 0 Å². The van der Waals surface area contributed by atoms with Gasteiger partial charge in [0.25, 0.3) is 0 Å². The normalized spacial score (nSPS) is 14.0. The summed E-state index contributed by atoms with van der Waals surface area (Å²) in [6.07, 6.45) is 23.0. The average Bonchev–Trinajstić information content (AvgIpc) is 2.57. The van der Waals surface area contributed by atoms with Gasteiger partial charge >= 0.3 is 0 Å². The van der Waals surface area contributed by atoms with Crippen molar-refractivity contribution in [3.63, 3.8) is 0 Å². The van der Waals surface area contributed by atoms with Gasteiger partial charge in [-0.05, 0) is 13.3 Å². The molecule has 0 fully saturated rings. The first kappa shape index (κ1) is 23.9. The van der Waals surface area contributed by atoms with Gasteiger partial charge in [-0.1, -0.05) is 116 Å². The maximum Gasteiger partial charge on any atom is 0.0796 e. The monoisotopic (exact) mass is 342 g/mol. The Morgan fingerprint density at radius 3 is 1.08 bits per heavy atom. The van der Waals surface area contributed by atoms with Gasteiger partial charge in [0.2, 0.25) is 0 Å². The molecule has 0 rings (SSSR count). The summed E-state index contributed by atoms with van der Waals surface area (Å²) in [6, 6.07) is 0. The lowest BCUT2D eigenvalue weighted by molar-refractivity contribution is 0.0247. The molecular formula is C22H46O2. The second-order valence-corrected chi connectivity index (χ2v) is 7.75. The Morgan fingerprint density at radius 1 is 0.500 bits per heavy atom. The highest BCUT2D eigenvalue weighted by atomic mass is 16.3. The zero-order valence-corrected chi connectivity index (χ0v) is 16.8. The molecule has 0 saturated carbocycles. The van der Waals surface area contributed by atoms with Gasteiger partial charge in [-0.3, -0.25) is 0 Å². The summed E-state index contributed by atoms with van der Waals surface area (Å²) in [5.74, 6) is 0. The molecular weight excluding hydrogens is 296 g/mol. The maximum absolute atomic E-state index is 9.50. The van der Waals surface area contributed by atoms with Crippen LogP contribution in [0.25, 0.3) is 0 Å². The van der Waals surface area contributed by atoms with Gasteiger partial charge in [0.05, 0.1) is 12.2 Å². The van der Waals surface area contributed by atoms with E-state index in [2.05, 4.69) is 6.92 Å². The standard InChI is InChI=1S/C22H46O2/c1-3-4-5-6-7-8-9-10-11-12-13-14-15-16-17-18-19-20-22(24)21(2)23/h21-24H,3-20H2,1-2H3. The van der Waals surface area contributed by atoms with Gasteiger partial charge in [0, 0.05) is 0 Å². The van der Waals surface area contributed by atoms with Gasteiger partial charge in [0.15, 0.2) is 0 Å². The summed E-state index contributed by atoms with van der Waals surface area (Å²) in [5.41, 5.74) is 0. The molecule has 0 saturated heterocycles. The Hall–Kier alpha value is -0.0800. The van der Waals surface area contributed by atoms with Crippen molar-refractivity contribution < 1.29 is 10.2 Å². The van der Waals surface area contributed by atoms with Gasteiger partial charge in [-0.15, -0.1) is 0 Å². The van der Waals surface area contributed by atoms with Crippen LogP contribution >= 0.6 is 0 Å². The Morgan fingerprint density at radius 2 is 0.792 bits per heavy atom. The Labute approximate surface area is 152 Å². The van der Waals surface area contributed by atoms with E-state index < -0.39 is 12.2 Å². The quantitative estimate of drug-likeness (QED) is 0.254. The SMILES string of the molecule is CCCCCCCCCCCCCCCCCCCC(O)C(C)O. The van der Waals surface area contributed by atoms with Crippen LogP contribution in [0.5, 0.6) is 0 Å². The van der Waals surface area contributed by atoms with Gasteiger partial charge < -0.3 is 10.2 Å². The molecule has 0 aliphatic heterocycles. The van der Waals surface area contributed by atoms with Crippen molar-refractivity contribution in [2.75, 3.05) is 0 Å². The van der Waals surface area contributed by atoms with E-state index in [1.54, 1.807) is 6.92 Å². The first-order valence-corrected chi connectivity index (χ1v) is 11.0. The van der Waals surface area contributed by atoms with Crippen LogP contribution in [0.15, 0.2) is 0 Å². The van der Waals surface area contributed by atoms with Crippen LogP contribution in [0.1, 0.15) is 129 Å². The Balaban J connectivity index is 3.03. The number of hydrogen-bond acceptors (Lipinski definition) is 2. The van der Waals surface area contributed by atoms with Crippen LogP contribution in [0, 0.1) is 0 Å². The topological polar surface area (TPSA) is 40.5 Å². The largest absolute Gasteiger partial charge is 0.391 e. The Bertz CT molecular complexity index is 228. The summed E-state index contributed by atoms with van der Waals surface area (Å²) in [5, 5.41) is 18.7.